The molecule has 0 bridgehead atoms. The molecule has 0 aromatic heterocycles. The van der Waals surface area contributed by atoms with Gasteiger partial charge in [0, 0.05) is 0 Å². The molecule has 0 aliphatic carbocycles. The molecule has 7 nitrogen and oxygen atoms in total. The molecule has 0 saturated heterocycles. The molecule has 0 aromatic rings. The fourth-order valence-electron chi connectivity index (χ4n) is 0.615. The van der Waals surface area contributed by atoms with Gasteiger partial charge in [0.25, 0.3) is 0 Å². The maximum Gasteiger partial charge on any atom is 0.335 e. The van der Waals surface area contributed by atoms with E-state index in [2.05, 4.69) is 0 Å². The van der Waals surface area contributed by atoms with Gasteiger partial charge in [-0.1, -0.05) is 0 Å². The average Bonchev–Trinajstić information content (AvgIpc) is 2.12. The van der Waals surface area contributed by atoms with Gasteiger partial charge in [0.1, 0.15) is 18.3 Å². The zero-order valence-electron chi connectivity index (χ0n) is 6.44. The number of carbonyl (C=O) groups is 2. The highest BCUT2D eigenvalue weighted by Gasteiger charge is 2.33. The number of hydrogen-bond acceptors (Lipinski definition) is 6. The van der Waals surface area contributed by atoms with Crippen LogP contribution in [0.15, 0.2) is 0 Å². The molecule has 5 N–H and O–H groups in total. The lowest BCUT2D eigenvalue weighted by molar-refractivity contribution is -0.163. The Bertz CT molecular complexity index is 191. The van der Waals surface area contributed by atoms with E-state index in [-0.39, 0.29) is 6.29 Å². The zero-order chi connectivity index (χ0) is 10.6. The van der Waals surface area contributed by atoms with Crippen molar-refractivity contribution in [1.82, 2.24) is 0 Å². The van der Waals surface area contributed by atoms with Crippen LogP contribution in [0, 0.1) is 0 Å². The molecule has 0 heterocycles. The summed E-state index contributed by atoms with van der Waals surface area (Å²) in [7, 11) is 0. The lowest BCUT2D eigenvalue weighted by Gasteiger charge is -2.21. The van der Waals surface area contributed by atoms with Crippen molar-refractivity contribution in [2.75, 3.05) is 0 Å². The van der Waals surface area contributed by atoms with Crippen molar-refractivity contribution >= 4 is 12.3 Å². The van der Waals surface area contributed by atoms with Crippen molar-refractivity contribution in [3.8, 4) is 0 Å². The Morgan fingerprint density at radius 1 is 1.08 bits per heavy atom. The second-order valence-electron chi connectivity index (χ2n) is 2.39. The van der Waals surface area contributed by atoms with Gasteiger partial charge in [-0.2, -0.15) is 0 Å². The summed E-state index contributed by atoms with van der Waals surface area (Å²) in [5.41, 5.74) is 0. The summed E-state index contributed by atoms with van der Waals surface area (Å²) in [6.07, 6.45) is -8.39. The Morgan fingerprint density at radius 3 is 1.85 bits per heavy atom. The Morgan fingerprint density at radius 2 is 1.54 bits per heavy atom. The van der Waals surface area contributed by atoms with E-state index in [0.29, 0.717) is 0 Å². The second-order valence-corrected chi connectivity index (χ2v) is 2.39. The minimum Gasteiger partial charge on any atom is -0.479 e. The molecule has 4 atom stereocenters. The van der Waals surface area contributed by atoms with E-state index in [1.807, 2.05) is 0 Å². The van der Waals surface area contributed by atoms with E-state index in [4.69, 9.17) is 25.5 Å². The summed E-state index contributed by atoms with van der Waals surface area (Å²) in [6, 6.07) is 0. The second kappa shape index (κ2) is 4.87. The number of aldehydes is 1. The van der Waals surface area contributed by atoms with Gasteiger partial charge in [-0.25, -0.2) is 4.79 Å². The van der Waals surface area contributed by atoms with E-state index in [1.165, 1.54) is 0 Å². The third-order valence-electron chi connectivity index (χ3n) is 1.42. The standard InChI is InChI=1S/C6H10O7/c7-1-2(8)3(9)4(10)5(11)6(12)13/h1-5,8-11H,(H,12,13)/t2-,3+,4-,5+/m0/s1. The molecule has 0 amide bonds. The Hall–Kier alpha value is -1.02. The Kier molecular flexibility index (Phi) is 4.49. The van der Waals surface area contributed by atoms with Gasteiger partial charge in [-0.3, -0.25) is 0 Å². The number of carboxylic acids is 1. The van der Waals surface area contributed by atoms with Crippen LogP contribution in [-0.2, 0) is 9.59 Å². The molecule has 0 rings (SSSR count). The molecular weight excluding hydrogens is 184 g/mol. The number of aliphatic carboxylic acids is 1. The van der Waals surface area contributed by atoms with Crippen LogP contribution in [-0.4, -0.2) is 62.2 Å². The summed E-state index contributed by atoms with van der Waals surface area (Å²) in [5, 5.41) is 43.2. The normalized spacial score (nSPS) is 20.0. The predicted octanol–water partition coefficient (Wildman–Crippen LogP) is -3.29. The van der Waals surface area contributed by atoms with Crippen molar-refractivity contribution in [3.05, 3.63) is 0 Å². The fraction of sp³-hybridized carbons (Fsp3) is 0.667. The fourth-order valence-corrected chi connectivity index (χ4v) is 0.615. The van der Waals surface area contributed by atoms with E-state index in [1.54, 1.807) is 0 Å². The maximum absolute atomic E-state index is 10.1. The first kappa shape index (κ1) is 12.0. The minimum absolute atomic E-state index is 0.0809. The summed E-state index contributed by atoms with van der Waals surface area (Å²) < 4.78 is 0. The van der Waals surface area contributed by atoms with Crippen molar-refractivity contribution in [3.63, 3.8) is 0 Å². The Balaban J connectivity index is 4.32. The molecule has 0 fully saturated rings. The number of carbonyl (C=O) groups excluding carboxylic acids is 1. The minimum atomic E-state index is -2.25. The topological polar surface area (TPSA) is 135 Å². The van der Waals surface area contributed by atoms with Gasteiger partial charge in [0.05, 0.1) is 0 Å². The molecule has 0 aliphatic heterocycles. The van der Waals surface area contributed by atoms with Crippen molar-refractivity contribution in [1.29, 1.82) is 0 Å². The van der Waals surface area contributed by atoms with Crippen molar-refractivity contribution < 1.29 is 35.1 Å². The Labute approximate surface area is 72.9 Å². The summed E-state index contributed by atoms with van der Waals surface area (Å²) >= 11 is 0. The highest BCUT2D eigenvalue weighted by atomic mass is 16.4. The highest BCUT2D eigenvalue weighted by Crippen LogP contribution is 2.03. The third-order valence-corrected chi connectivity index (χ3v) is 1.42. The van der Waals surface area contributed by atoms with Gasteiger partial charge >= 0.3 is 5.97 Å². The van der Waals surface area contributed by atoms with Gasteiger partial charge < -0.3 is 30.3 Å². The third kappa shape index (κ3) is 3.07. The monoisotopic (exact) mass is 194 g/mol. The van der Waals surface area contributed by atoms with Gasteiger partial charge in [-0.15, -0.1) is 0 Å². The highest BCUT2D eigenvalue weighted by molar-refractivity contribution is 5.73. The number of hydrogen-bond donors (Lipinski definition) is 5. The lowest BCUT2D eigenvalue weighted by atomic mass is 10.0. The van der Waals surface area contributed by atoms with Crippen LogP contribution >= 0.6 is 0 Å². The van der Waals surface area contributed by atoms with Gasteiger partial charge in [0.2, 0.25) is 0 Å². The molecule has 0 aliphatic rings. The van der Waals surface area contributed by atoms with Crippen LogP contribution in [0.25, 0.3) is 0 Å². The number of aliphatic hydroxyl groups is 4. The summed E-state index contributed by atoms with van der Waals surface area (Å²) in [4.78, 5) is 20.0. The van der Waals surface area contributed by atoms with E-state index < -0.39 is 30.4 Å². The number of rotatable bonds is 5. The quantitative estimate of drug-likeness (QED) is 0.289. The number of aliphatic hydroxyl groups excluding tert-OH is 4. The summed E-state index contributed by atoms with van der Waals surface area (Å²) in [6.45, 7) is 0. The van der Waals surface area contributed by atoms with Crippen LogP contribution in [0.3, 0.4) is 0 Å². The molecule has 13 heavy (non-hydrogen) atoms. The number of carboxylic acid groups (broad SMARTS) is 1. The molecule has 0 aromatic carbocycles. The van der Waals surface area contributed by atoms with Gasteiger partial charge in [0.15, 0.2) is 12.4 Å². The first-order valence-corrected chi connectivity index (χ1v) is 3.32. The lowest BCUT2D eigenvalue weighted by Crippen LogP contribution is -2.48. The predicted molar refractivity (Wildman–Crippen MR) is 37.7 cm³/mol. The largest absolute Gasteiger partial charge is 0.479 e. The SMILES string of the molecule is O=C[C@H](O)[C@@H](O)[C@H](O)[C@@H](O)C(=O)O. The molecule has 76 valence electrons. The molecule has 0 radical (unpaired) electrons. The first-order chi connectivity index (χ1) is 5.91. The maximum atomic E-state index is 10.1. The van der Waals surface area contributed by atoms with Crippen LogP contribution < -0.4 is 0 Å². The van der Waals surface area contributed by atoms with Crippen LogP contribution in [0.5, 0.6) is 0 Å². The molecule has 0 saturated carbocycles. The van der Waals surface area contributed by atoms with Crippen LogP contribution in [0.1, 0.15) is 0 Å². The molecule has 7 heteroatoms. The van der Waals surface area contributed by atoms with E-state index in [0.717, 1.165) is 0 Å². The first-order valence-electron chi connectivity index (χ1n) is 3.32. The van der Waals surface area contributed by atoms with E-state index in [9.17, 15) is 9.59 Å². The molecule has 0 unspecified atom stereocenters. The van der Waals surface area contributed by atoms with Gasteiger partial charge in [-0.05, 0) is 0 Å². The smallest absolute Gasteiger partial charge is 0.335 e. The van der Waals surface area contributed by atoms with Crippen LogP contribution in [0.4, 0.5) is 0 Å². The molecule has 0 spiro atoms. The molecular formula is C6H10O7. The zero-order valence-corrected chi connectivity index (χ0v) is 6.44. The van der Waals surface area contributed by atoms with Crippen molar-refractivity contribution in [2.45, 2.75) is 24.4 Å². The van der Waals surface area contributed by atoms with Crippen LogP contribution in [0.2, 0.25) is 0 Å². The van der Waals surface area contributed by atoms with E-state index >= 15 is 0 Å². The summed E-state index contributed by atoms with van der Waals surface area (Å²) in [5.74, 6) is -1.76. The average molecular weight is 194 g/mol. The van der Waals surface area contributed by atoms with Crippen molar-refractivity contribution in [2.24, 2.45) is 0 Å².